The molecule has 0 spiro atoms. The molecule has 0 radical (unpaired) electrons. The first kappa shape index (κ1) is 23.9. The summed E-state index contributed by atoms with van der Waals surface area (Å²) in [7, 11) is 1.42. The van der Waals surface area contributed by atoms with E-state index < -0.39 is 23.7 Å². The highest BCUT2D eigenvalue weighted by molar-refractivity contribution is 7.99. The number of aromatic nitrogens is 3. The molecule has 2 aromatic rings. The molecule has 0 atom stereocenters. The van der Waals surface area contributed by atoms with Crippen molar-refractivity contribution in [1.29, 1.82) is 0 Å². The van der Waals surface area contributed by atoms with Gasteiger partial charge in [0.1, 0.15) is 0 Å². The summed E-state index contributed by atoms with van der Waals surface area (Å²) in [6, 6.07) is 4.56. The Morgan fingerprint density at radius 1 is 1.19 bits per heavy atom. The predicted molar refractivity (Wildman–Crippen MR) is 114 cm³/mol. The second-order valence-electron chi connectivity index (χ2n) is 7.41. The van der Waals surface area contributed by atoms with Crippen LogP contribution in [-0.2, 0) is 17.5 Å². The number of nitrogens with one attached hydrogen (secondary N) is 3. The lowest BCUT2D eigenvalue weighted by atomic mass is 9.95. The summed E-state index contributed by atoms with van der Waals surface area (Å²) in [5.41, 5.74) is -0.396. The summed E-state index contributed by atoms with van der Waals surface area (Å²) >= 11 is 1.17. The van der Waals surface area contributed by atoms with Crippen molar-refractivity contribution in [1.82, 2.24) is 25.4 Å². The fourth-order valence-electron chi connectivity index (χ4n) is 3.57. The number of hydrogen-bond donors (Lipinski definition) is 3. The van der Waals surface area contributed by atoms with Gasteiger partial charge in [-0.1, -0.05) is 37.1 Å². The third-order valence-electron chi connectivity index (χ3n) is 5.13. The van der Waals surface area contributed by atoms with Crippen molar-refractivity contribution in [2.75, 3.05) is 18.1 Å². The number of carbonyl (C=O) groups is 2. The van der Waals surface area contributed by atoms with Gasteiger partial charge in [0.15, 0.2) is 11.0 Å². The monoisotopic (exact) mass is 470 g/mol. The highest BCUT2D eigenvalue weighted by Crippen LogP contribution is 2.33. The molecule has 0 unspecified atom stereocenters. The summed E-state index contributed by atoms with van der Waals surface area (Å²) in [6.07, 6.45) is 0.723. The van der Waals surface area contributed by atoms with Gasteiger partial charge in [-0.05, 0) is 31.0 Å². The minimum Gasteiger partial charge on any atom is -0.378 e. The Labute approximate surface area is 187 Å². The normalized spacial score (nSPS) is 14.8. The van der Waals surface area contributed by atoms with Crippen LogP contribution in [0.15, 0.2) is 29.4 Å². The van der Waals surface area contributed by atoms with Crippen molar-refractivity contribution in [3.05, 3.63) is 35.7 Å². The summed E-state index contributed by atoms with van der Waals surface area (Å²) in [4.78, 5) is 23.2. The number of urea groups is 1. The van der Waals surface area contributed by atoms with Gasteiger partial charge in [0.05, 0.1) is 17.9 Å². The number of carbonyl (C=O) groups excluding carboxylic acids is 2. The Balaban J connectivity index is 1.74. The first-order valence-corrected chi connectivity index (χ1v) is 11.3. The van der Waals surface area contributed by atoms with Gasteiger partial charge in [-0.15, -0.1) is 10.2 Å². The molecule has 1 heterocycles. The molecule has 3 amide bonds. The van der Waals surface area contributed by atoms with Crippen molar-refractivity contribution in [2.45, 2.75) is 56.0 Å². The Hall–Kier alpha value is -2.76. The average molecular weight is 471 g/mol. The summed E-state index contributed by atoms with van der Waals surface area (Å²) in [5.74, 6) is 0.110. The van der Waals surface area contributed by atoms with Crippen LogP contribution in [-0.4, -0.2) is 39.5 Å². The zero-order valence-corrected chi connectivity index (χ0v) is 18.4. The van der Waals surface area contributed by atoms with Crippen LogP contribution in [0, 0.1) is 0 Å². The smallest absolute Gasteiger partial charge is 0.378 e. The minimum absolute atomic E-state index is 0.0146. The van der Waals surface area contributed by atoms with E-state index in [0.29, 0.717) is 16.7 Å². The maximum atomic E-state index is 13.0. The van der Waals surface area contributed by atoms with Crippen LogP contribution in [0.3, 0.4) is 0 Å². The molecule has 0 aliphatic heterocycles. The van der Waals surface area contributed by atoms with Gasteiger partial charge in [0.25, 0.3) is 0 Å². The molecule has 174 valence electrons. The van der Waals surface area contributed by atoms with Crippen LogP contribution in [0.4, 0.5) is 23.7 Å². The molecule has 1 aliphatic rings. The van der Waals surface area contributed by atoms with E-state index in [1.54, 1.807) is 6.07 Å². The quantitative estimate of drug-likeness (QED) is 0.530. The Bertz CT molecular complexity index is 944. The number of benzene rings is 1. The SMILES string of the molecule is CNC(=O)NC(=O)CSc1nnc(CNc2cccc(C(F)(F)F)c2)n1C1CCCCC1. The first-order valence-electron chi connectivity index (χ1n) is 10.3. The second kappa shape index (κ2) is 10.7. The Kier molecular flexibility index (Phi) is 7.99. The van der Waals surface area contributed by atoms with Gasteiger partial charge in [-0.3, -0.25) is 10.1 Å². The van der Waals surface area contributed by atoms with Gasteiger partial charge in [0, 0.05) is 18.8 Å². The highest BCUT2D eigenvalue weighted by Gasteiger charge is 2.30. The summed E-state index contributed by atoms with van der Waals surface area (Å²) < 4.78 is 40.9. The molecule has 1 fully saturated rings. The molecule has 0 bridgehead atoms. The minimum atomic E-state index is -4.42. The van der Waals surface area contributed by atoms with E-state index in [-0.39, 0.29) is 18.3 Å². The van der Waals surface area contributed by atoms with E-state index in [0.717, 1.165) is 44.2 Å². The van der Waals surface area contributed by atoms with E-state index in [2.05, 4.69) is 26.1 Å². The molecular formula is C20H25F3N6O2S. The summed E-state index contributed by atoms with van der Waals surface area (Å²) in [5, 5.41) is 16.5. The number of rotatable bonds is 7. The van der Waals surface area contributed by atoms with Crippen LogP contribution in [0.1, 0.15) is 49.5 Å². The molecule has 32 heavy (non-hydrogen) atoms. The van der Waals surface area contributed by atoms with E-state index in [4.69, 9.17) is 0 Å². The van der Waals surface area contributed by atoms with Crippen molar-refractivity contribution in [2.24, 2.45) is 0 Å². The third kappa shape index (κ3) is 6.38. The number of hydrogen-bond acceptors (Lipinski definition) is 6. The zero-order valence-electron chi connectivity index (χ0n) is 17.5. The lowest BCUT2D eigenvalue weighted by Gasteiger charge is -2.25. The van der Waals surface area contributed by atoms with Crippen molar-refractivity contribution in [3.8, 4) is 0 Å². The summed E-state index contributed by atoms with van der Waals surface area (Å²) in [6.45, 7) is 0.190. The van der Waals surface area contributed by atoms with Crippen LogP contribution in [0.5, 0.6) is 0 Å². The molecule has 3 N–H and O–H groups in total. The van der Waals surface area contributed by atoms with E-state index >= 15 is 0 Å². The largest absolute Gasteiger partial charge is 0.416 e. The number of anilines is 1. The Morgan fingerprint density at radius 2 is 1.94 bits per heavy atom. The van der Waals surface area contributed by atoms with Gasteiger partial charge < -0.3 is 15.2 Å². The van der Waals surface area contributed by atoms with Gasteiger partial charge >= 0.3 is 12.2 Å². The molecule has 1 aromatic carbocycles. The van der Waals surface area contributed by atoms with E-state index in [1.807, 2.05) is 4.57 Å². The molecule has 12 heteroatoms. The highest BCUT2D eigenvalue weighted by atomic mass is 32.2. The number of halogens is 3. The molecule has 1 saturated carbocycles. The number of thioether (sulfide) groups is 1. The maximum Gasteiger partial charge on any atom is 0.416 e. The van der Waals surface area contributed by atoms with Crippen molar-refractivity contribution >= 4 is 29.4 Å². The lowest BCUT2D eigenvalue weighted by molar-refractivity contribution is -0.137. The molecule has 3 rings (SSSR count). The van der Waals surface area contributed by atoms with E-state index in [9.17, 15) is 22.8 Å². The van der Waals surface area contributed by atoms with Gasteiger partial charge in [-0.2, -0.15) is 13.2 Å². The van der Waals surface area contributed by atoms with Crippen molar-refractivity contribution < 1.29 is 22.8 Å². The lowest BCUT2D eigenvalue weighted by Crippen LogP contribution is -2.38. The maximum absolute atomic E-state index is 13.0. The first-order chi connectivity index (χ1) is 15.3. The Morgan fingerprint density at radius 3 is 2.62 bits per heavy atom. The van der Waals surface area contributed by atoms with E-state index in [1.165, 1.54) is 24.9 Å². The fourth-order valence-corrected chi connectivity index (χ4v) is 4.40. The standard InChI is InChI=1S/C20H25F3N6O2S/c1-24-18(31)26-17(30)12-32-19-28-27-16(29(19)15-8-3-2-4-9-15)11-25-14-7-5-6-13(10-14)20(21,22)23/h5-7,10,15,25H,2-4,8-9,11-12H2,1H3,(H2,24,26,30,31). The third-order valence-corrected chi connectivity index (χ3v) is 6.07. The average Bonchev–Trinajstić information content (AvgIpc) is 3.19. The van der Waals surface area contributed by atoms with Crippen LogP contribution < -0.4 is 16.0 Å². The zero-order chi connectivity index (χ0) is 23.1. The van der Waals surface area contributed by atoms with Crippen LogP contribution >= 0.6 is 11.8 Å². The van der Waals surface area contributed by atoms with Crippen LogP contribution in [0.25, 0.3) is 0 Å². The number of nitrogens with zero attached hydrogens (tertiary/aromatic N) is 3. The molecular weight excluding hydrogens is 445 g/mol. The molecule has 1 aromatic heterocycles. The predicted octanol–water partition coefficient (Wildman–Crippen LogP) is 3.96. The van der Waals surface area contributed by atoms with Crippen LogP contribution in [0.2, 0.25) is 0 Å². The molecule has 0 saturated heterocycles. The number of amides is 3. The molecule has 8 nitrogen and oxygen atoms in total. The fraction of sp³-hybridized carbons (Fsp3) is 0.500. The van der Waals surface area contributed by atoms with Gasteiger partial charge in [-0.25, -0.2) is 4.79 Å². The number of alkyl halides is 3. The van der Waals surface area contributed by atoms with Crippen molar-refractivity contribution in [3.63, 3.8) is 0 Å². The number of imide groups is 1. The second-order valence-corrected chi connectivity index (χ2v) is 8.35. The molecule has 1 aliphatic carbocycles. The van der Waals surface area contributed by atoms with Gasteiger partial charge in [0.2, 0.25) is 5.91 Å². The topological polar surface area (TPSA) is 101 Å².